The summed E-state index contributed by atoms with van der Waals surface area (Å²) in [5, 5.41) is 12.4. The number of likely N-dealkylation sites (tertiary alicyclic amines) is 1. The standard InChI is InChI=1S/C17H34N2O/c20-15-7-2-1-5-13-19-14-6-3-4-8-17(19)16-9-11-18-12-10-16/h16-18,20H,1-15H2. The van der Waals surface area contributed by atoms with Gasteiger partial charge in [-0.15, -0.1) is 0 Å². The summed E-state index contributed by atoms with van der Waals surface area (Å²) in [7, 11) is 0. The van der Waals surface area contributed by atoms with Crippen molar-refractivity contribution >= 4 is 0 Å². The summed E-state index contributed by atoms with van der Waals surface area (Å²) in [4.78, 5) is 2.82. The molecule has 2 N–H and O–H groups in total. The van der Waals surface area contributed by atoms with Crippen molar-refractivity contribution in [1.29, 1.82) is 0 Å². The second-order valence-electron chi connectivity index (χ2n) is 6.68. The highest BCUT2D eigenvalue weighted by atomic mass is 16.2. The van der Waals surface area contributed by atoms with Gasteiger partial charge in [0.25, 0.3) is 0 Å². The lowest BCUT2D eigenvalue weighted by Gasteiger charge is -2.38. The van der Waals surface area contributed by atoms with Crippen LogP contribution in [0, 0.1) is 5.92 Å². The Labute approximate surface area is 125 Å². The highest BCUT2D eigenvalue weighted by Gasteiger charge is 2.29. The lowest BCUT2D eigenvalue weighted by atomic mass is 9.86. The predicted octanol–water partition coefficient (Wildman–Crippen LogP) is 2.78. The molecule has 0 aliphatic carbocycles. The van der Waals surface area contributed by atoms with Crippen molar-refractivity contribution in [3.8, 4) is 0 Å². The molecule has 0 saturated carbocycles. The van der Waals surface area contributed by atoms with Crippen molar-refractivity contribution in [2.75, 3.05) is 32.8 Å². The van der Waals surface area contributed by atoms with Gasteiger partial charge in [-0.1, -0.05) is 25.7 Å². The van der Waals surface area contributed by atoms with Crippen molar-refractivity contribution in [2.24, 2.45) is 5.92 Å². The quantitative estimate of drug-likeness (QED) is 0.705. The van der Waals surface area contributed by atoms with Crippen LogP contribution >= 0.6 is 0 Å². The minimum absolute atomic E-state index is 0.363. The number of nitrogens with one attached hydrogen (secondary N) is 1. The number of hydrogen-bond acceptors (Lipinski definition) is 3. The number of piperidine rings is 1. The van der Waals surface area contributed by atoms with E-state index < -0.39 is 0 Å². The Morgan fingerprint density at radius 1 is 0.900 bits per heavy atom. The lowest BCUT2D eigenvalue weighted by molar-refractivity contribution is 0.120. The fourth-order valence-corrected chi connectivity index (χ4v) is 4.01. The summed E-state index contributed by atoms with van der Waals surface area (Å²) in [6.45, 7) is 5.44. The Balaban J connectivity index is 1.78. The van der Waals surface area contributed by atoms with Crippen LogP contribution in [-0.2, 0) is 0 Å². The van der Waals surface area contributed by atoms with Crippen molar-refractivity contribution in [1.82, 2.24) is 10.2 Å². The summed E-state index contributed by atoms with van der Waals surface area (Å²) >= 11 is 0. The van der Waals surface area contributed by atoms with Crippen LogP contribution in [0.1, 0.15) is 64.2 Å². The molecule has 0 bridgehead atoms. The third-order valence-electron chi connectivity index (χ3n) is 5.20. The molecule has 2 heterocycles. The molecule has 118 valence electrons. The Morgan fingerprint density at radius 3 is 2.50 bits per heavy atom. The molecule has 0 spiro atoms. The fourth-order valence-electron chi connectivity index (χ4n) is 4.01. The summed E-state index contributed by atoms with van der Waals surface area (Å²) < 4.78 is 0. The molecule has 0 aromatic rings. The van der Waals surface area contributed by atoms with E-state index in [9.17, 15) is 0 Å². The smallest absolute Gasteiger partial charge is 0.0431 e. The Kier molecular flexibility index (Phi) is 7.92. The maximum Gasteiger partial charge on any atom is 0.0431 e. The second-order valence-corrected chi connectivity index (χ2v) is 6.68. The van der Waals surface area contributed by atoms with Gasteiger partial charge >= 0.3 is 0 Å². The van der Waals surface area contributed by atoms with Gasteiger partial charge in [0.1, 0.15) is 0 Å². The number of nitrogens with zero attached hydrogens (tertiary/aromatic N) is 1. The van der Waals surface area contributed by atoms with Gasteiger partial charge in [-0.2, -0.15) is 0 Å². The van der Waals surface area contributed by atoms with E-state index in [-0.39, 0.29) is 0 Å². The number of aliphatic hydroxyl groups excluding tert-OH is 1. The van der Waals surface area contributed by atoms with Crippen LogP contribution in [0.5, 0.6) is 0 Å². The molecular weight excluding hydrogens is 248 g/mol. The molecule has 1 unspecified atom stereocenters. The first-order valence-electron chi connectivity index (χ1n) is 8.97. The number of rotatable bonds is 7. The largest absolute Gasteiger partial charge is 0.396 e. The monoisotopic (exact) mass is 282 g/mol. The van der Waals surface area contributed by atoms with E-state index in [1.807, 2.05) is 0 Å². The van der Waals surface area contributed by atoms with E-state index in [2.05, 4.69) is 10.2 Å². The number of hydrogen-bond donors (Lipinski definition) is 2. The number of unbranched alkanes of at least 4 members (excludes halogenated alkanes) is 3. The molecule has 2 aliphatic rings. The highest BCUT2D eigenvalue weighted by Crippen LogP contribution is 2.28. The third kappa shape index (κ3) is 5.34. The first-order valence-corrected chi connectivity index (χ1v) is 8.97. The summed E-state index contributed by atoms with van der Waals surface area (Å²) in [5.74, 6) is 0.937. The van der Waals surface area contributed by atoms with Crippen LogP contribution in [0.15, 0.2) is 0 Å². The average Bonchev–Trinajstić information content (AvgIpc) is 2.73. The van der Waals surface area contributed by atoms with E-state index in [1.54, 1.807) is 0 Å². The third-order valence-corrected chi connectivity index (χ3v) is 5.20. The van der Waals surface area contributed by atoms with Crippen LogP contribution in [0.4, 0.5) is 0 Å². The molecule has 1 atom stereocenters. The van der Waals surface area contributed by atoms with Gasteiger partial charge in [-0.3, -0.25) is 0 Å². The van der Waals surface area contributed by atoms with Crippen molar-refractivity contribution in [2.45, 2.75) is 70.3 Å². The first-order chi connectivity index (χ1) is 9.92. The van der Waals surface area contributed by atoms with Crippen LogP contribution < -0.4 is 5.32 Å². The highest BCUT2D eigenvalue weighted by molar-refractivity contribution is 4.84. The van der Waals surface area contributed by atoms with Gasteiger partial charge < -0.3 is 15.3 Å². The molecule has 2 fully saturated rings. The molecule has 2 rings (SSSR count). The summed E-state index contributed by atoms with van der Waals surface area (Å²) in [5.41, 5.74) is 0. The maximum absolute atomic E-state index is 8.85. The average molecular weight is 282 g/mol. The Morgan fingerprint density at radius 2 is 1.70 bits per heavy atom. The van der Waals surface area contributed by atoms with E-state index >= 15 is 0 Å². The summed E-state index contributed by atoms with van der Waals surface area (Å²) in [6, 6.07) is 0.859. The molecule has 2 saturated heterocycles. The molecule has 20 heavy (non-hydrogen) atoms. The van der Waals surface area contributed by atoms with Crippen LogP contribution in [-0.4, -0.2) is 48.8 Å². The molecule has 3 nitrogen and oxygen atoms in total. The lowest BCUT2D eigenvalue weighted by Crippen LogP contribution is -2.44. The fraction of sp³-hybridized carbons (Fsp3) is 1.00. The zero-order valence-corrected chi connectivity index (χ0v) is 13.2. The zero-order valence-electron chi connectivity index (χ0n) is 13.2. The van der Waals surface area contributed by atoms with Crippen LogP contribution in [0.25, 0.3) is 0 Å². The molecule has 0 aromatic heterocycles. The van der Waals surface area contributed by atoms with E-state index in [4.69, 9.17) is 5.11 Å². The topological polar surface area (TPSA) is 35.5 Å². The van der Waals surface area contributed by atoms with Crippen LogP contribution in [0.2, 0.25) is 0 Å². The van der Waals surface area contributed by atoms with Gasteiger partial charge in [0, 0.05) is 12.6 Å². The molecular formula is C17H34N2O. The number of aliphatic hydroxyl groups is 1. The van der Waals surface area contributed by atoms with Gasteiger partial charge in [0.15, 0.2) is 0 Å². The predicted molar refractivity (Wildman–Crippen MR) is 85.0 cm³/mol. The van der Waals surface area contributed by atoms with Gasteiger partial charge in [-0.05, 0) is 70.6 Å². The van der Waals surface area contributed by atoms with Crippen molar-refractivity contribution in [3.63, 3.8) is 0 Å². The minimum Gasteiger partial charge on any atom is -0.396 e. The minimum atomic E-state index is 0.363. The van der Waals surface area contributed by atoms with E-state index in [1.165, 1.54) is 84.0 Å². The molecule has 2 aliphatic heterocycles. The van der Waals surface area contributed by atoms with Gasteiger partial charge in [0.2, 0.25) is 0 Å². The van der Waals surface area contributed by atoms with Gasteiger partial charge in [-0.25, -0.2) is 0 Å². The Bertz CT molecular complexity index is 241. The SMILES string of the molecule is OCCCCCCN1CCCCCC1C1CCNCC1. The molecule has 0 radical (unpaired) electrons. The van der Waals surface area contributed by atoms with E-state index in [0.29, 0.717) is 6.61 Å². The molecule has 0 aromatic carbocycles. The molecule has 3 heteroatoms. The van der Waals surface area contributed by atoms with Crippen molar-refractivity contribution in [3.05, 3.63) is 0 Å². The normalized spacial score (nSPS) is 26.6. The maximum atomic E-state index is 8.85. The first kappa shape index (κ1) is 16.3. The zero-order chi connectivity index (χ0) is 14.0. The molecule has 0 amide bonds. The van der Waals surface area contributed by atoms with Gasteiger partial charge in [0.05, 0.1) is 0 Å². The van der Waals surface area contributed by atoms with E-state index in [0.717, 1.165) is 18.4 Å². The van der Waals surface area contributed by atoms with Crippen molar-refractivity contribution < 1.29 is 5.11 Å². The summed E-state index contributed by atoms with van der Waals surface area (Å²) in [6.07, 6.45) is 13.3. The Hall–Kier alpha value is -0.120. The second kappa shape index (κ2) is 9.75. The van der Waals surface area contributed by atoms with Crippen LogP contribution in [0.3, 0.4) is 0 Å².